The quantitative estimate of drug-likeness (QED) is 0.398. The van der Waals surface area contributed by atoms with E-state index in [-0.39, 0.29) is 0 Å². The summed E-state index contributed by atoms with van der Waals surface area (Å²) < 4.78 is 0. The molecule has 54 valence electrons. The molecule has 10 heavy (non-hydrogen) atoms. The van der Waals surface area contributed by atoms with E-state index in [9.17, 15) is 4.79 Å². The Hall–Kier alpha value is -0.850. The Morgan fingerprint density at radius 3 is 3.10 bits per heavy atom. The normalized spacial score (nSPS) is 28.9. The van der Waals surface area contributed by atoms with Crippen molar-refractivity contribution in [3.05, 3.63) is 23.8 Å². The van der Waals surface area contributed by atoms with Gasteiger partial charge in [-0.3, -0.25) is 4.79 Å². The molecule has 0 aliphatic heterocycles. The van der Waals surface area contributed by atoms with Gasteiger partial charge in [0.05, 0.1) is 0 Å². The summed E-state index contributed by atoms with van der Waals surface area (Å²) in [5.74, 6) is 0.565. The maximum Gasteiger partial charge on any atom is 0.143 e. The molecule has 0 N–H and O–H groups in total. The van der Waals surface area contributed by atoms with Crippen molar-refractivity contribution in [2.75, 3.05) is 0 Å². The van der Waals surface area contributed by atoms with Crippen LogP contribution >= 0.6 is 0 Å². The Morgan fingerprint density at radius 1 is 1.70 bits per heavy atom. The molecule has 1 rings (SSSR count). The highest BCUT2D eigenvalue weighted by atomic mass is 16.1. The van der Waals surface area contributed by atoms with E-state index in [0.717, 1.165) is 12.7 Å². The summed E-state index contributed by atoms with van der Waals surface area (Å²) in [6.07, 6.45) is 9.01. The van der Waals surface area contributed by atoms with Crippen molar-refractivity contribution in [3.8, 4) is 0 Å². The van der Waals surface area contributed by atoms with Gasteiger partial charge in [-0.25, -0.2) is 0 Å². The molecule has 1 aliphatic rings. The van der Waals surface area contributed by atoms with Crippen LogP contribution in [0.25, 0.3) is 0 Å². The van der Waals surface area contributed by atoms with Crippen molar-refractivity contribution in [1.82, 2.24) is 0 Å². The fourth-order valence-corrected chi connectivity index (χ4v) is 1.19. The molecular weight excluding hydrogens is 124 g/mol. The molecule has 1 nitrogen and oxygen atoms in total. The van der Waals surface area contributed by atoms with E-state index in [1.165, 1.54) is 12.0 Å². The Morgan fingerprint density at radius 2 is 2.50 bits per heavy atom. The van der Waals surface area contributed by atoms with E-state index in [2.05, 4.69) is 13.0 Å². The van der Waals surface area contributed by atoms with Gasteiger partial charge in [-0.2, -0.15) is 0 Å². The number of allylic oxidation sites excluding steroid dienone is 4. The van der Waals surface area contributed by atoms with Gasteiger partial charge >= 0.3 is 0 Å². The third-order valence-corrected chi connectivity index (χ3v) is 1.91. The Labute approximate surface area is 61.4 Å². The van der Waals surface area contributed by atoms with Gasteiger partial charge < -0.3 is 0 Å². The van der Waals surface area contributed by atoms with Crippen LogP contribution in [0.5, 0.6) is 0 Å². The van der Waals surface area contributed by atoms with Crippen molar-refractivity contribution in [3.63, 3.8) is 0 Å². The first-order valence-corrected chi connectivity index (χ1v) is 3.66. The van der Waals surface area contributed by atoms with Crippen LogP contribution in [0.1, 0.15) is 19.8 Å². The third-order valence-electron chi connectivity index (χ3n) is 1.91. The molecule has 0 aromatic rings. The van der Waals surface area contributed by atoms with Crippen molar-refractivity contribution >= 4 is 6.29 Å². The second-order valence-corrected chi connectivity index (χ2v) is 2.68. The Kier molecular flexibility index (Phi) is 2.43. The average Bonchev–Trinajstić information content (AvgIpc) is 1.94. The lowest BCUT2D eigenvalue weighted by molar-refractivity contribution is -0.104. The summed E-state index contributed by atoms with van der Waals surface area (Å²) in [4.78, 5) is 10.1. The largest absolute Gasteiger partial charge is 0.299 e. The van der Waals surface area contributed by atoms with Gasteiger partial charge in [0, 0.05) is 0 Å². The third kappa shape index (κ3) is 1.56. The van der Waals surface area contributed by atoms with Gasteiger partial charge in [0.15, 0.2) is 0 Å². The lowest BCUT2D eigenvalue weighted by atomic mass is 9.91. The van der Waals surface area contributed by atoms with Gasteiger partial charge in [0.1, 0.15) is 6.29 Å². The smallest absolute Gasteiger partial charge is 0.143 e. The molecule has 0 amide bonds. The number of hydrogen-bond acceptors (Lipinski definition) is 1. The minimum absolute atomic E-state index is 0.565. The van der Waals surface area contributed by atoms with Gasteiger partial charge in [-0.15, -0.1) is 0 Å². The van der Waals surface area contributed by atoms with Crippen LogP contribution in [0.2, 0.25) is 0 Å². The van der Waals surface area contributed by atoms with Gasteiger partial charge in [-0.1, -0.05) is 19.1 Å². The molecule has 0 spiro atoms. The summed E-state index contributed by atoms with van der Waals surface area (Å²) in [6, 6.07) is 0. The van der Waals surface area contributed by atoms with Crippen molar-refractivity contribution < 1.29 is 4.79 Å². The minimum atomic E-state index is 0.565. The van der Waals surface area contributed by atoms with Crippen LogP contribution in [0.4, 0.5) is 0 Å². The van der Waals surface area contributed by atoms with Crippen molar-refractivity contribution in [1.29, 1.82) is 0 Å². The molecule has 0 aromatic carbocycles. The second-order valence-electron chi connectivity index (χ2n) is 2.68. The van der Waals surface area contributed by atoms with Crippen LogP contribution in [0, 0.1) is 5.92 Å². The highest BCUT2D eigenvalue weighted by Gasteiger charge is 2.07. The van der Waals surface area contributed by atoms with Crippen LogP contribution in [0.15, 0.2) is 23.8 Å². The number of rotatable bonds is 1. The zero-order valence-corrected chi connectivity index (χ0v) is 6.21. The van der Waals surface area contributed by atoms with Crippen LogP contribution in [-0.4, -0.2) is 6.29 Å². The average molecular weight is 136 g/mol. The number of carbonyl (C=O) groups is 1. The van der Waals surface area contributed by atoms with E-state index < -0.39 is 0 Å². The maximum atomic E-state index is 10.1. The molecular formula is C9H12O. The van der Waals surface area contributed by atoms with Crippen LogP contribution in [-0.2, 0) is 4.79 Å². The summed E-state index contributed by atoms with van der Waals surface area (Å²) in [5.41, 5.74) is 1.17. The van der Waals surface area contributed by atoms with E-state index in [0.29, 0.717) is 5.92 Å². The molecule has 1 unspecified atom stereocenters. The van der Waals surface area contributed by atoms with Gasteiger partial charge in [0.25, 0.3) is 0 Å². The maximum absolute atomic E-state index is 10.1. The van der Waals surface area contributed by atoms with Crippen molar-refractivity contribution in [2.45, 2.75) is 19.8 Å². The van der Waals surface area contributed by atoms with E-state index in [1.54, 1.807) is 6.08 Å². The molecule has 0 heterocycles. The fourth-order valence-electron chi connectivity index (χ4n) is 1.19. The fraction of sp³-hybridized carbons (Fsp3) is 0.444. The van der Waals surface area contributed by atoms with Gasteiger partial charge in [0.2, 0.25) is 0 Å². The Balaban J connectivity index is 2.72. The number of hydrogen-bond donors (Lipinski definition) is 0. The first kappa shape index (κ1) is 7.26. The summed E-state index contributed by atoms with van der Waals surface area (Å²) in [7, 11) is 0. The summed E-state index contributed by atoms with van der Waals surface area (Å²) in [5, 5.41) is 0. The first-order chi connectivity index (χ1) is 4.84. The highest BCUT2D eigenvalue weighted by molar-refractivity contribution is 5.67. The molecule has 0 radical (unpaired) electrons. The molecule has 1 aliphatic carbocycles. The minimum Gasteiger partial charge on any atom is -0.299 e. The SMILES string of the molecule is CC1CCC=C/C1=C/C=O. The lowest BCUT2D eigenvalue weighted by Gasteiger charge is -2.14. The van der Waals surface area contributed by atoms with Crippen LogP contribution < -0.4 is 0 Å². The molecule has 0 fully saturated rings. The molecule has 0 saturated heterocycles. The summed E-state index contributed by atoms with van der Waals surface area (Å²) in [6.45, 7) is 2.15. The van der Waals surface area contributed by atoms with E-state index in [4.69, 9.17) is 0 Å². The van der Waals surface area contributed by atoms with E-state index >= 15 is 0 Å². The highest BCUT2D eigenvalue weighted by Crippen LogP contribution is 2.22. The monoisotopic (exact) mass is 136 g/mol. The molecule has 0 saturated carbocycles. The molecule has 1 heteroatoms. The summed E-state index contributed by atoms with van der Waals surface area (Å²) >= 11 is 0. The first-order valence-electron chi connectivity index (χ1n) is 3.66. The predicted molar refractivity (Wildman–Crippen MR) is 41.7 cm³/mol. The second kappa shape index (κ2) is 3.35. The predicted octanol–water partition coefficient (Wildman–Crippen LogP) is 2.10. The standard InChI is InChI=1S/C9H12O/c1-8-4-2-3-5-9(8)6-7-10/h3,5-8H,2,4H2,1H3/b9-6-. The molecule has 0 aromatic heterocycles. The zero-order chi connectivity index (χ0) is 7.40. The van der Waals surface area contributed by atoms with E-state index in [1.807, 2.05) is 6.08 Å². The molecule has 1 atom stereocenters. The number of aldehydes is 1. The number of carbonyl (C=O) groups excluding carboxylic acids is 1. The Bertz CT molecular complexity index is 177. The van der Waals surface area contributed by atoms with Gasteiger partial charge in [-0.05, 0) is 30.4 Å². The topological polar surface area (TPSA) is 17.1 Å². The van der Waals surface area contributed by atoms with Crippen molar-refractivity contribution in [2.24, 2.45) is 5.92 Å². The molecule has 0 bridgehead atoms. The zero-order valence-electron chi connectivity index (χ0n) is 6.21. The lowest BCUT2D eigenvalue weighted by Crippen LogP contribution is -2.00. The van der Waals surface area contributed by atoms with Crippen LogP contribution in [0.3, 0.4) is 0 Å².